The number of methoxy groups -OCH3 is 3. The summed E-state index contributed by atoms with van der Waals surface area (Å²) in [5.41, 5.74) is 3.26. The van der Waals surface area contributed by atoms with E-state index in [-0.39, 0.29) is 0 Å². The third kappa shape index (κ3) is 1.84. The lowest BCUT2D eigenvalue weighted by Gasteiger charge is -2.21. The van der Waals surface area contributed by atoms with Gasteiger partial charge in [0, 0.05) is 23.4 Å². The minimum absolute atomic E-state index is 0.656. The van der Waals surface area contributed by atoms with Crippen LogP contribution in [0.25, 0.3) is 0 Å². The minimum atomic E-state index is 0.656. The zero-order valence-electron chi connectivity index (χ0n) is 10.7. The Morgan fingerprint density at radius 2 is 1.76 bits per heavy atom. The van der Waals surface area contributed by atoms with Crippen LogP contribution in [0.5, 0.6) is 17.2 Å². The van der Waals surface area contributed by atoms with Gasteiger partial charge in [-0.3, -0.25) is 4.99 Å². The fourth-order valence-corrected chi connectivity index (χ4v) is 2.21. The van der Waals surface area contributed by atoms with Crippen molar-refractivity contribution >= 4 is 5.71 Å². The van der Waals surface area contributed by atoms with Crippen LogP contribution in [-0.4, -0.2) is 33.6 Å². The van der Waals surface area contributed by atoms with E-state index in [9.17, 15) is 0 Å². The molecule has 4 heteroatoms. The summed E-state index contributed by atoms with van der Waals surface area (Å²) in [6.07, 6.45) is 0.871. The van der Waals surface area contributed by atoms with E-state index < -0.39 is 0 Å². The summed E-state index contributed by atoms with van der Waals surface area (Å²) in [7, 11) is 4.90. The van der Waals surface area contributed by atoms with E-state index in [0.717, 1.165) is 35.6 Å². The Hall–Kier alpha value is -1.71. The summed E-state index contributed by atoms with van der Waals surface area (Å²) in [6.45, 7) is 2.80. The van der Waals surface area contributed by atoms with Crippen molar-refractivity contribution in [1.82, 2.24) is 0 Å². The summed E-state index contributed by atoms with van der Waals surface area (Å²) >= 11 is 0. The molecule has 0 saturated heterocycles. The predicted molar refractivity (Wildman–Crippen MR) is 66.9 cm³/mol. The molecule has 0 atom stereocenters. The fourth-order valence-electron chi connectivity index (χ4n) is 2.21. The quantitative estimate of drug-likeness (QED) is 0.805. The van der Waals surface area contributed by atoms with Crippen LogP contribution >= 0.6 is 0 Å². The first-order valence-corrected chi connectivity index (χ1v) is 5.56. The molecule has 1 aliphatic rings. The lowest BCUT2D eigenvalue weighted by molar-refractivity contribution is 0.322. The van der Waals surface area contributed by atoms with Gasteiger partial charge in [0.15, 0.2) is 11.5 Å². The molecule has 0 fully saturated rings. The maximum Gasteiger partial charge on any atom is 0.203 e. The molecule has 17 heavy (non-hydrogen) atoms. The number of benzene rings is 1. The zero-order chi connectivity index (χ0) is 12.4. The Morgan fingerprint density at radius 1 is 1.06 bits per heavy atom. The zero-order valence-corrected chi connectivity index (χ0v) is 10.7. The molecular weight excluding hydrogens is 218 g/mol. The molecule has 0 bridgehead atoms. The van der Waals surface area contributed by atoms with Gasteiger partial charge in [-0.2, -0.15) is 0 Å². The van der Waals surface area contributed by atoms with Crippen molar-refractivity contribution < 1.29 is 14.2 Å². The Morgan fingerprint density at radius 3 is 2.35 bits per heavy atom. The van der Waals surface area contributed by atoms with Gasteiger partial charge >= 0.3 is 0 Å². The normalized spacial score (nSPS) is 13.8. The average molecular weight is 235 g/mol. The monoisotopic (exact) mass is 235 g/mol. The predicted octanol–water partition coefficient (Wildman–Crippen LogP) is 2.08. The number of fused-ring (bicyclic) bond motifs is 1. The molecule has 92 valence electrons. The summed E-state index contributed by atoms with van der Waals surface area (Å²) in [4.78, 5) is 4.44. The van der Waals surface area contributed by atoms with Gasteiger partial charge in [-0.05, 0) is 19.4 Å². The van der Waals surface area contributed by atoms with Gasteiger partial charge in [-0.25, -0.2) is 0 Å². The van der Waals surface area contributed by atoms with Crippen LogP contribution in [-0.2, 0) is 6.42 Å². The fraction of sp³-hybridized carbons (Fsp3) is 0.462. The highest BCUT2D eigenvalue weighted by atomic mass is 16.5. The molecule has 1 aromatic rings. The summed E-state index contributed by atoms with van der Waals surface area (Å²) in [6, 6.07) is 1.97. The molecule has 0 amide bonds. The van der Waals surface area contributed by atoms with Gasteiger partial charge in [0.2, 0.25) is 5.75 Å². The number of aliphatic imine (C=N–C) groups is 1. The molecule has 0 aromatic heterocycles. The van der Waals surface area contributed by atoms with Crippen LogP contribution in [0.2, 0.25) is 0 Å². The largest absolute Gasteiger partial charge is 0.493 e. The third-order valence-corrected chi connectivity index (χ3v) is 3.03. The smallest absolute Gasteiger partial charge is 0.203 e. The summed E-state index contributed by atoms with van der Waals surface area (Å²) in [5.74, 6) is 2.10. The van der Waals surface area contributed by atoms with Crippen molar-refractivity contribution in [3.8, 4) is 17.2 Å². The molecule has 2 rings (SSSR count). The average Bonchev–Trinajstić information content (AvgIpc) is 2.36. The minimum Gasteiger partial charge on any atom is -0.493 e. The molecule has 0 aliphatic carbocycles. The second kappa shape index (κ2) is 4.65. The Labute approximate surface area is 101 Å². The molecule has 1 heterocycles. The first kappa shape index (κ1) is 11.8. The second-order valence-corrected chi connectivity index (χ2v) is 3.89. The second-order valence-electron chi connectivity index (χ2n) is 3.89. The van der Waals surface area contributed by atoms with E-state index in [4.69, 9.17) is 14.2 Å². The number of ether oxygens (including phenoxy) is 3. The van der Waals surface area contributed by atoms with E-state index >= 15 is 0 Å². The van der Waals surface area contributed by atoms with Crippen LogP contribution < -0.4 is 14.2 Å². The molecule has 0 saturated carbocycles. The molecule has 4 nitrogen and oxygen atoms in total. The first-order chi connectivity index (χ1) is 8.22. The Bertz CT molecular complexity index is 466. The van der Waals surface area contributed by atoms with E-state index in [1.807, 2.05) is 13.0 Å². The Kier molecular flexibility index (Phi) is 3.22. The third-order valence-electron chi connectivity index (χ3n) is 3.03. The van der Waals surface area contributed by atoms with Crippen LogP contribution in [0.4, 0.5) is 0 Å². The maximum absolute atomic E-state index is 5.47. The van der Waals surface area contributed by atoms with Crippen molar-refractivity contribution in [1.29, 1.82) is 0 Å². The molecule has 0 radical (unpaired) electrons. The molecule has 0 N–H and O–H groups in total. The molecule has 1 aliphatic heterocycles. The first-order valence-electron chi connectivity index (χ1n) is 5.56. The summed E-state index contributed by atoms with van der Waals surface area (Å²) < 4.78 is 16.2. The van der Waals surface area contributed by atoms with Crippen molar-refractivity contribution in [2.24, 2.45) is 4.99 Å². The molecule has 0 spiro atoms. The van der Waals surface area contributed by atoms with Gasteiger partial charge in [0.05, 0.1) is 21.3 Å². The van der Waals surface area contributed by atoms with E-state index in [1.165, 1.54) is 0 Å². The SMILES string of the molecule is COc1cc2c(c(OC)c1OC)CCN=C2C. The van der Waals surface area contributed by atoms with Crippen LogP contribution in [0.15, 0.2) is 11.1 Å². The number of hydrogen-bond acceptors (Lipinski definition) is 4. The van der Waals surface area contributed by atoms with Crippen LogP contribution in [0.3, 0.4) is 0 Å². The van der Waals surface area contributed by atoms with Gasteiger partial charge in [-0.1, -0.05) is 0 Å². The van der Waals surface area contributed by atoms with Crippen molar-refractivity contribution in [2.45, 2.75) is 13.3 Å². The Balaban J connectivity index is 2.70. The highest BCUT2D eigenvalue weighted by Gasteiger charge is 2.23. The molecule has 0 unspecified atom stereocenters. The van der Waals surface area contributed by atoms with Crippen LogP contribution in [0.1, 0.15) is 18.1 Å². The van der Waals surface area contributed by atoms with Crippen LogP contribution in [0, 0.1) is 0 Å². The lowest BCUT2D eigenvalue weighted by atomic mass is 9.96. The topological polar surface area (TPSA) is 40.0 Å². The highest BCUT2D eigenvalue weighted by Crippen LogP contribution is 2.43. The molecule has 1 aromatic carbocycles. The van der Waals surface area contributed by atoms with Crippen molar-refractivity contribution in [3.05, 3.63) is 17.2 Å². The number of nitrogens with zero attached hydrogens (tertiary/aromatic N) is 1. The van der Waals surface area contributed by atoms with Gasteiger partial charge in [0.25, 0.3) is 0 Å². The van der Waals surface area contributed by atoms with Gasteiger partial charge in [0.1, 0.15) is 0 Å². The number of rotatable bonds is 3. The van der Waals surface area contributed by atoms with E-state index in [2.05, 4.69) is 4.99 Å². The van der Waals surface area contributed by atoms with Crippen molar-refractivity contribution in [2.75, 3.05) is 27.9 Å². The maximum atomic E-state index is 5.47. The van der Waals surface area contributed by atoms with Crippen molar-refractivity contribution in [3.63, 3.8) is 0 Å². The van der Waals surface area contributed by atoms with E-state index in [1.54, 1.807) is 21.3 Å². The lowest BCUT2D eigenvalue weighted by Crippen LogP contribution is -2.12. The highest BCUT2D eigenvalue weighted by molar-refractivity contribution is 6.02. The number of hydrogen-bond donors (Lipinski definition) is 0. The van der Waals surface area contributed by atoms with Gasteiger partial charge in [-0.15, -0.1) is 0 Å². The molecular formula is C13H17NO3. The van der Waals surface area contributed by atoms with Gasteiger partial charge < -0.3 is 14.2 Å². The summed E-state index contributed by atoms with van der Waals surface area (Å²) in [5, 5.41) is 0. The van der Waals surface area contributed by atoms with E-state index in [0.29, 0.717) is 11.5 Å². The standard InChI is InChI=1S/C13H17NO3/c1-8-10-7-11(15-2)13(17-4)12(16-3)9(10)5-6-14-8/h7H,5-6H2,1-4H3.